The topological polar surface area (TPSA) is 83.6 Å². The Morgan fingerprint density at radius 3 is 2.84 bits per heavy atom. The Labute approximate surface area is 112 Å². The molecule has 19 heavy (non-hydrogen) atoms. The second-order valence-electron chi connectivity index (χ2n) is 4.81. The van der Waals surface area contributed by atoms with E-state index in [-0.39, 0.29) is 5.91 Å². The lowest BCUT2D eigenvalue weighted by atomic mass is 9.91. The van der Waals surface area contributed by atoms with Crippen LogP contribution < -0.4 is 10.6 Å². The van der Waals surface area contributed by atoms with E-state index >= 15 is 0 Å². The highest BCUT2D eigenvalue weighted by atomic mass is 16.4. The standard InChI is InChI=1S/C14H18N2O3/c1-16-12-4-2-9(11(6-7-15)14(18)19)8-10(12)3-5-13(16)17/h2,4,8,11H,3,5-7,15H2,1H3,(H,18,19). The summed E-state index contributed by atoms with van der Waals surface area (Å²) in [5.74, 6) is -1.33. The lowest BCUT2D eigenvalue weighted by Crippen LogP contribution is -2.31. The molecule has 0 spiro atoms. The third-order valence-electron chi connectivity index (χ3n) is 3.60. The van der Waals surface area contributed by atoms with Crippen LogP contribution in [0.1, 0.15) is 29.9 Å². The van der Waals surface area contributed by atoms with Crippen molar-refractivity contribution < 1.29 is 14.7 Å². The number of hydrogen-bond donors (Lipinski definition) is 2. The first-order valence-corrected chi connectivity index (χ1v) is 6.37. The Kier molecular flexibility index (Phi) is 3.85. The van der Waals surface area contributed by atoms with Gasteiger partial charge in [-0.15, -0.1) is 0 Å². The van der Waals surface area contributed by atoms with Gasteiger partial charge >= 0.3 is 5.97 Å². The predicted octanol–water partition coefficient (Wildman–Crippen LogP) is 1.11. The number of aliphatic carboxylic acids is 1. The van der Waals surface area contributed by atoms with Gasteiger partial charge in [-0.3, -0.25) is 9.59 Å². The lowest BCUT2D eigenvalue weighted by Gasteiger charge is -2.26. The van der Waals surface area contributed by atoms with E-state index in [1.165, 1.54) is 0 Å². The molecule has 0 fully saturated rings. The van der Waals surface area contributed by atoms with Gasteiger partial charge in [-0.1, -0.05) is 12.1 Å². The largest absolute Gasteiger partial charge is 0.481 e. The van der Waals surface area contributed by atoms with E-state index in [0.717, 1.165) is 16.8 Å². The summed E-state index contributed by atoms with van der Waals surface area (Å²) in [6, 6.07) is 5.50. The Hall–Kier alpha value is -1.88. The van der Waals surface area contributed by atoms with Gasteiger partial charge in [-0.25, -0.2) is 0 Å². The molecule has 1 aliphatic rings. The summed E-state index contributed by atoms with van der Waals surface area (Å²) in [4.78, 5) is 24.5. The molecule has 0 aromatic heterocycles. The molecule has 1 heterocycles. The van der Waals surface area contributed by atoms with Crippen LogP contribution in [0.4, 0.5) is 5.69 Å². The van der Waals surface area contributed by atoms with Gasteiger partial charge in [0.15, 0.2) is 0 Å². The van der Waals surface area contributed by atoms with E-state index in [0.29, 0.717) is 25.8 Å². The third-order valence-corrected chi connectivity index (χ3v) is 3.60. The Morgan fingerprint density at radius 2 is 2.21 bits per heavy atom. The van der Waals surface area contributed by atoms with E-state index in [4.69, 9.17) is 5.73 Å². The number of nitrogens with zero attached hydrogens (tertiary/aromatic N) is 1. The third kappa shape index (κ3) is 2.61. The number of benzene rings is 1. The van der Waals surface area contributed by atoms with Gasteiger partial charge in [0.05, 0.1) is 5.92 Å². The van der Waals surface area contributed by atoms with Gasteiger partial charge in [0.25, 0.3) is 0 Å². The molecule has 1 aliphatic heterocycles. The molecule has 0 bridgehead atoms. The van der Waals surface area contributed by atoms with Crippen molar-refractivity contribution in [3.05, 3.63) is 29.3 Å². The smallest absolute Gasteiger partial charge is 0.311 e. The van der Waals surface area contributed by atoms with Crippen molar-refractivity contribution >= 4 is 17.6 Å². The summed E-state index contributed by atoms with van der Waals surface area (Å²) >= 11 is 0. The number of nitrogens with two attached hydrogens (primary N) is 1. The molecule has 0 aliphatic carbocycles. The molecule has 102 valence electrons. The predicted molar refractivity (Wildman–Crippen MR) is 72.2 cm³/mol. The minimum atomic E-state index is -0.856. The number of anilines is 1. The zero-order chi connectivity index (χ0) is 14.0. The van der Waals surface area contributed by atoms with Crippen LogP contribution in [0, 0.1) is 0 Å². The molecule has 1 unspecified atom stereocenters. The average Bonchev–Trinajstić information content (AvgIpc) is 2.39. The molecule has 1 amide bonds. The van der Waals surface area contributed by atoms with E-state index < -0.39 is 11.9 Å². The molecule has 2 rings (SSSR count). The highest BCUT2D eigenvalue weighted by molar-refractivity contribution is 5.96. The van der Waals surface area contributed by atoms with Crippen molar-refractivity contribution in [3.63, 3.8) is 0 Å². The number of carbonyl (C=O) groups is 2. The van der Waals surface area contributed by atoms with Crippen LogP contribution in [0.2, 0.25) is 0 Å². The van der Waals surface area contributed by atoms with E-state index in [1.54, 1.807) is 18.0 Å². The molecule has 1 aromatic carbocycles. The maximum atomic E-state index is 11.6. The number of carboxylic acid groups (broad SMARTS) is 1. The fourth-order valence-electron chi connectivity index (χ4n) is 2.49. The van der Waals surface area contributed by atoms with Crippen LogP contribution in [0.3, 0.4) is 0 Å². The van der Waals surface area contributed by atoms with Crippen molar-refractivity contribution in [2.45, 2.75) is 25.2 Å². The van der Waals surface area contributed by atoms with E-state index in [1.807, 2.05) is 12.1 Å². The average molecular weight is 262 g/mol. The number of carbonyl (C=O) groups excluding carboxylic acids is 1. The number of carboxylic acids is 1. The molecular formula is C14H18N2O3. The summed E-state index contributed by atoms with van der Waals surface area (Å²) in [5, 5.41) is 9.24. The van der Waals surface area contributed by atoms with Gasteiger partial charge in [-0.2, -0.15) is 0 Å². The van der Waals surface area contributed by atoms with Crippen LogP contribution in [0.5, 0.6) is 0 Å². The van der Waals surface area contributed by atoms with Crippen molar-refractivity contribution in [1.82, 2.24) is 0 Å². The maximum Gasteiger partial charge on any atom is 0.311 e. The highest BCUT2D eigenvalue weighted by Crippen LogP contribution is 2.30. The molecule has 0 saturated heterocycles. The van der Waals surface area contributed by atoms with Crippen molar-refractivity contribution in [2.75, 3.05) is 18.5 Å². The second-order valence-corrected chi connectivity index (χ2v) is 4.81. The number of aryl methyl sites for hydroxylation is 1. The summed E-state index contributed by atoms with van der Waals surface area (Å²) in [7, 11) is 1.74. The van der Waals surface area contributed by atoms with Crippen LogP contribution >= 0.6 is 0 Å². The molecule has 0 radical (unpaired) electrons. The first-order valence-electron chi connectivity index (χ1n) is 6.37. The van der Waals surface area contributed by atoms with E-state index in [2.05, 4.69) is 0 Å². The van der Waals surface area contributed by atoms with E-state index in [9.17, 15) is 14.7 Å². The molecule has 0 saturated carbocycles. The van der Waals surface area contributed by atoms with Crippen molar-refractivity contribution in [3.8, 4) is 0 Å². The number of hydrogen-bond acceptors (Lipinski definition) is 3. The summed E-state index contributed by atoms with van der Waals surface area (Å²) in [6.45, 7) is 0.340. The maximum absolute atomic E-state index is 11.6. The second kappa shape index (κ2) is 5.40. The molecule has 5 heteroatoms. The molecule has 5 nitrogen and oxygen atoms in total. The fraction of sp³-hybridized carbons (Fsp3) is 0.429. The molecule has 3 N–H and O–H groups in total. The Morgan fingerprint density at radius 1 is 1.47 bits per heavy atom. The van der Waals surface area contributed by atoms with Gasteiger partial charge < -0.3 is 15.7 Å². The monoisotopic (exact) mass is 262 g/mol. The zero-order valence-electron chi connectivity index (χ0n) is 10.9. The minimum Gasteiger partial charge on any atom is -0.481 e. The van der Waals surface area contributed by atoms with Crippen molar-refractivity contribution in [1.29, 1.82) is 0 Å². The summed E-state index contributed by atoms with van der Waals surface area (Å²) in [5.41, 5.74) is 8.13. The zero-order valence-corrected chi connectivity index (χ0v) is 10.9. The number of amides is 1. The molecule has 1 atom stereocenters. The lowest BCUT2D eigenvalue weighted by molar-refractivity contribution is -0.139. The van der Waals surface area contributed by atoms with Gasteiger partial charge in [-0.05, 0) is 36.6 Å². The molecule has 1 aromatic rings. The van der Waals surface area contributed by atoms with Gasteiger partial charge in [0.2, 0.25) is 5.91 Å². The summed E-state index contributed by atoms with van der Waals surface area (Å²) in [6.07, 6.45) is 1.56. The van der Waals surface area contributed by atoms with Crippen LogP contribution in [-0.2, 0) is 16.0 Å². The first kappa shape index (κ1) is 13.5. The van der Waals surface area contributed by atoms with Gasteiger partial charge in [0.1, 0.15) is 0 Å². The number of fused-ring (bicyclic) bond motifs is 1. The normalized spacial score (nSPS) is 16.1. The Bertz CT molecular complexity index is 513. The SMILES string of the molecule is CN1C(=O)CCc2cc(C(CCN)C(=O)O)ccc21. The first-order chi connectivity index (χ1) is 9.04. The van der Waals surface area contributed by atoms with Crippen LogP contribution in [-0.4, -0.2) is 30.6 Å². The minimum absolute atomic E-state index is 0.0944. The number of rotatable bonds is 4. The van der Waals surface area contributed by atoms with Crippen LogP contribution in [0.25, 0.3) is 0 Å². The van der Waals surface area contributed by atoms with Crippen LogP contribution in [0.15, 0.2) is 18.2 Å². The highest BCUT2D eigenvalue weighted by Gasteiger charge is 2.24. The molecular weight excluding hydrogens is 244 g/mol. The quantitative estimate of drug-likeness (QED) is 0.851. The van der Waals surface area contributed by atoms with Crippen molar-refractivity contribution in [2.24, 2.45) is 5.73 Å². The van der Waals surface area contributed by atoms with Gasteiger partial charge in [0, 0.05) is 19.2 Å². The fourth-order valence-corrected chi connectivity index (χ4v) is 2.49. The summed E-state index contributed by atoms with van der Waals surface area (Å²) < 4.78 is 0. The Balaban J connectivity index is 2.35.